The van der Waals surface area contributed by atoms with E-state index in [1.807, 2.05) is 25.1 Å². The van der Waals surface area contributed by atoms with Crippen LogP contribution in [0.25, 0.3) is 0 Å². The van der Waals surface area contributed by atoms with Crippen molar-refractivity contribution in [3.8, 4) is 5.75 Å². The summed E-state index contributed by atoms with van der Waals surface area (Å²) in [6, 6.07) is 11.0. The first-order valence-electron chi connectivity index (χ1n) is 7.75. The van der Waals surface area contributed by atoms with Gasteiger partial charge in [-0.15, -0.1) is 0 Å². The highest BCUT2D eigenvalue weighted by molar-refractivity contribution is 6.04. The lowest BCUT2D eigenvalue weighted by Gasteiger charge is -2.20. The van der Waals surface area contributed by atoms with Crippen LogP contribution < -0.4 is 15.0 Å². The molecule has 1 atom stereocenters. The van der Waals surface area contributed by atoms with Crippen molar-refractivity contribution in [2.45, 2.75) is 13.3 Å². The second-order valence-electron chi connectivity index (χ2n) is 5.78. The Balaban J connectivity index is 1.76. The van der Waals surface area contributed by atoms with Gasteiger partial charge in [-0.05, 0) is 36.8 Å². The van der Waals surface area contributed by atoms with Gasteiger partial charge in [0, 0.05) is 19.2 Å². The summed E-state index contributed by atoms with van der Waals surface area (Å²) in [6.45, 7) is 2.28. The van der Waals surface area contributed by atoms with Crippen molar-refractivity contribution in [3.63, 3.8) is 0 Å². The third-order valence-corrected chi connectivity index (χ3v) is 4.04. The fourth-order valence-corrected chi connectivity index (χ4v) is 2.79. The molecule has 1 saturated heterocycles. The van der Waals surface area contributed by atoms with E-state index in [1.165, 1.54) is 0 Å². The SMILES string of the molecule is COc1ccc(C)cc1N1C[C@H](C(=O)Nc2ccccn2)CC1=O. The molecular weight excluding hydrogens is 306 g/mol. The van der Waals surface area contributed by atoms with Crippen molar-refractivity contribution < 1.29 is 14.3 Å². The number of nitrogens with one attached hydrogen (secondary N) is 1. The van der Waals surface area contributed by atoms with Crippen LogP contribution in [0.2, 0.25) is 0 Å². The zero-order valence-corrected chi connectivity index (χ0v) is 13.7. The molecule has 1 aromatic carbocycles. The van der Waals surface area contributed by atoms with Crippen molar-refractivity contribution >= 4 is 23.3 Å². The van der Waals surface area contributed by atoms with Gasteiger partial charge in [-0.25, -0.2) is 4.98 Å². The minimum absolute atomic E-state index is 0.0833. The number of hydrogen-bond donors (Lipinski definition) is 1. The fraction of sp³-hybridized carbons (Fsp3) is 0.278. The smallest absolute Gasteiger partial charge is 0.230 e. The lowest BCUT2D eigenvalue weighted by Crippen LogP contribution is -2.28. The maximum atomic E-state index is 12.4. The number of rotatable bonds is 4. The summed E-state index contributed by atoms with van der Waals surface area (Å²) in [5, 5.41) is 2.76. The molecule has 0 aliphatic carbocycles. The normalized spacial score (nSPS) is 17.0. The molecule has 2 heterocycles. The van der Waals surface area contributed by atoms with E-state index in [0.717, 1.165) is 5.56 Å². The van der Waals surface area contributed by atoms with E-state index in [4.69, 9.17) is 4.74 Å². The lowest BCUT2D eigenvalue weighted by atomic mass is 10.1. The Morgan fingerprint density at radius 2 is 2.17 bits per heavy atom. The lowest BCUT2D eigenvalue weighted by molar-refractivity contribution is -0.122. The summed E-state index contributed by atoms with van der Waals surface area (Å²) in [5.41, 5.74) is 1.73. The number of nitrogens with zero attached hydrogens (tertiary/aromatic N) is 2. The van der Waals surface area contributed by atoms with Crippen molar-refractivity contribution in [1.29, 1.82) is 0 Å². The van der Waals surface area contributed by atoms with Crippen LogP contribution in [0.15, 0.2) is 42.6 Å². The minimum Gasteiger partial charge on any atom is -0.495 e. The summed E-state index contributed by atoms with van der Waals surface area (Å²) in [7, 11) is 1.57. The van der Waals surface area contributed by atoms with Crippen molar-refractivity contribution in [3.05, 3.63) is 48.2 Å². The Hall–Kier alpha value is -2.89. The van der Waals surface area contributed by atoms with Gasteiger partial charge in [-0.1, -0.05) is 12.1 Å². The van der Waals surface area contributed by atoms with Crippen molar-refractivity contribution in [2.75, 3.05) is 23.9 Å². The summed E-state index contributed by atoms with van der Waals surface area (Å²) < 4.78 is 5.35. The van der Waals surface area contributed by atoms with Gasteiger partial charge in [0.15, 0.2) is 0 Å². The van der Waals surface area contributed by atoms with Crippen molar-refractivity contribution in [2.24, 2.45) is 5.92 Å². The van der Waals surface area contributed by atoms with Crippen LogP contribution in [0, 0.1) is 12.8 Å². The molecule has 0 spiro atoms. The van der Waals surface area contributed by atoms with E-state index in [9.17, 15) is 9.59 Å². The molecule has 2 aromatic rings. The zero-order valence-electron chi connectivity index (χ0n) is 13.7. The number of methoxy groups -OCH3 is 1. The molecular formula is C18H19N3O3. The van der Waals surface area contributed by atoms with E-state index >= 15 is 0 Å². The molecule has 24 heavy (non-hydrogen) atoms. The highest BCUT2D eigenvalue weighted by Crippen LogP contribution is 2.34. The first kappa shape index (κ1) is 16.0. The molecule has 3 rings (SSSR count). The Kier molecular flexibility index (Phi) is 4.46. The zero-order chi connectivity index (χ0) is 17.1. The molecule has 1 aliphatic heterocycles. The number of carbonyl (C=O) groups excluding carboxylic acids is 2. The van der Waals surface area contributed by atoms with Gasteiger partial charge in [0.2, 0.25) is 11.8 Å². The van der Waals surface area contributed by atoms with Gasteiger partial charge in [-0.2, -0.15) is 0 Å². The van der Waals surface area contributed by atoms with Gasteiger partial charge in [-0.3, -0.25) is 9.59 Å². The Bertz CT molecular complexity index is 761. The molecule has 0 radical (unpaired) electrons. The summed E-state index contributed by atoms with van der Waals surface area (Å²) in [4.78, 5) is 30.5. The molecule has 6 nitrogen and oxygen atoms in total. The molecule has 2 amide bonds. The third-order valence-electron chi connectivity index (χ3n) is 4.04. The number of amides is 2. The van der Waals surface area contributed by atoms with E-state index in [2.05, 4.69) is 10.3 Å². The molecule has 1 N–H and O–H groups in total. The Labute approximate surface area is 140 Å². The topological polar surface area (TPSA) is 71.5 Å². The predicted octanol–water partition coefficient (Wildman–Crippen LogP) is 2.39. The number of hydrogen-bond acceptors (Lipinski definition) is 4. The van der Waals surface area contributed by atoms with Crippen LogP contribution in [-0.2, 0) is 9.59 Å². The Morgan fingerprint density at radius 3 is 2.88 bits per heavy atom. The van der Waals surface area contributed by atoms with Crippen LogP contribution in [0.4, 0.5) is 11.5 Å². The van der Waals surface area contributed by atoms with E-state index in [-0.39, 0.29) is 18.2 Å². The molecule has 1 aromatic heterocycles. The van der Waals surface area contributed by atoms with Gasteiger partial charge in [0.1, 0.15) is 11.6 Å². The second kappa shape index (κ2) is 6.70. The molecule has 1 fully saturated rings. The number of benzene rings is 1. The fourth-order valence-electron chi connectivity index (χ4n) is 2.79. The average Bonchev–Trinajstić information content (AvgIpc) is 2.97. The third kappa shape index (κ3) is 3.22. The second-order valence-corrected chi connectivity index (χ2v) is 5.78. The van der Waals surface area contributed by atoms with Crippen LogP contribution in [0.5, 0.6) is 5.75 Å². The summed E-state index contributed by atoms with van der Waals surface area (Å²) in [5.74, 6) is 0.419. The van der Waals surface area contributed by atoms with E-state index in [1.54, 1.807) is 36.4 Å². The predicted molar refractivity (Wildman–Crippen MR) is 91.1 cm³/mol. The molecule has 6 heteroatoms. The average molecular weight is 325 g/mol. The largest absolute Gasteiger partial charge is 0.495 e. The molecule has 0 unspecified atom stereocenters. The summed E-state index contributed by atoms with van der Waals surface area (Å²) in [6.07, 6.45) is 1.79. The van der Waals surface area contributed by atoms with Gasteiger partial charge < -0.3 is 15.0 Å². The quantitative estimate of drug-likeness (QED) is 0.937. The molecule has 124 valence electrons. The molecule has 1 aliphatic rings. The van der Waals surface area contributed by atoms with Crippen LogP contribution in [0.3, 0.4) is 0 Å². The maximum absolute atomic E-state index is 12.4. The van der Waals surface area contributed by atoms with E-state index < -0.39 is 5.92 Å². The van der Waals surface area contributed by atoms with Gasteiger partial charge >= 0.3 is 0 Å². The highest BCUT2D eigenvalue weighted by Gasteiger charge is 2.36. The maximum Gasteiger partial charge on any atom is 0.230 e. The monoisotopic (exact) mass is 325 g/mol. The molecule has 0 saturated carbocycles. The summed E-state index contributed by atoms with van der Waals surface area (Å²) >= 11 is 0. The highest BCUT2D eigenvalue weighted by atomic mass is 16.5. The number of anilines is 2. The standard InChI is InChI=1S/C18H19N3O3/c1-12-6-7-15(24-2)14(9-12)21-11-13(10-17(21)22)18(23)20-16-5-3-4-8-19-16/h3-9,13H,10-11H2,1-2H3,(H,19,20,23)/t13-/m1/s1. The Morgan fingerprint density at radius 1 is 1.33 bits per heavy atom. The van der Waals surface area contributed by atoms with Gasteiger partial charge in [0.25, 0.3) is 0 Å². The van der Waals surface area contributed by atoms with Crippen LogP contribution in [0.1, 0.15) is 12.0 Å². The van der Waals surface area contributed by atoms with Crippen molar-refractivity contribution in [1.82, 2.24) is 4.98 Å². The van der Waals surface area contributed by atoms with Crippen LogP contribution in [-0.4, -0.2) is 30.5 Å². The van der Waals surface area contributed by atoms with Crippen LogP contribution >= 0.6 is 0 Å². The number of ether oxygens (including phenoxy) is 1. The van der Waals surface area contributed by atoms with E-state index in [0.29, 0.717) is 23.8 Å². The first-order valence-corrected chi connectivity index (χ1v) is 7.75. The number of pyridine rings is 1. The molecule has 0 bridgehead atoms. The number of aryl methyl sites for hydroxylation is 1. The van der Waals surface area contributed by atoms with Gasteiger partial charge in [0.05, 0.1) is 18.7 Å². The number of aromatic nitrogens is 1. The number of carbonyl (C=O) groups is 2. The minimum atomic E-state index is -0.412. The first-order chi connectivity index (χ1) is 11.6.